The van der Waals surface area contributed by atoms with Gasteiger partial charge in [0.15, 0.2) is 0 Å². The fourth-order valence-corrected chi connectivity index (χ4v) is 7.29. The van der Waals surface area contributed by atoms with E-state index in [9.17, 15) is 18.5 Å². The standard InChI is InChI=1S/C39H38FN3O4S/c1-39(2,3)48(46)43-25-30-23-34(38(45)41-24-26-15-17-33(18-16-26)47-32-13-5-4-6-14-32)42-37(36(30)35(43)19-20-44)29-11-7-9-27(21-29)28-10-8-12-31(40)22-28/h4-18,21-23,35,44H,19-20,24-25H2,1-3H3,(H,41,45)/t35-,48-/m1/s1. The number of hydrogen-bond acceptors (Lipinski definition) is 5. The van der Waals surface area contributed by atoms with Gasteiger partial charge in [-0.15, -0.1) is 0 Å². The van der Waals surface area contributed by atoms with Crippen molar-refractivity contribution in [2.45, 2.75) is 51.1 Å². The highest BCUT2D eigenvalue weighted by Crippen LogP contribution is 2.44. The van der Waals surface area contributed by atoms with Crippen LogP contribution in [-0.2, 0) is 24.1 Å². The molecule has 0 radical (unpaired) electrons. The van der Waals surface area contributed by atoms with E-state index in [4.69, 9.17) is 9.72 Å². The van der Waals surface area contributed by atoms with Crippen molar-refractivity contribution < 1.29 is 23.2 Å². The van der Waals surface area contributed by atoms with Crippen molar-refractivity contribution in [3.63, 3.8) is 0 Å². The molecule has 2 atom stereocenters. The van der Waals surface area contributed by atoms with Crippen molar-refractivity contribution in [3.05, 3.63) is 137 Å². The molecular weight excluding hydrogens is 626 g/mol. The van der Waals surface area contributed by atoms with Crippen molar-refractivity contribution >= 4 is 16.9 Å². The van der Waals surface area contributed by atoms with Gasteiger partial charge in [0, 0.05) is 30.8 Å². The summed E-state index contributed by atoms with van der Waals surface area (Å²) < 4.78 is 35.1. The number of aliphatic hydroxyl groups excluding tert-OH is 1. The lowest BCUT2D eigenvalue weighted by Gasteiger charge is -2.30. The summed E-state index contributed by atoms with van der Waals surface area (Å²) in [5, 5.41) is 13.1. The molecule has 1 aliphatic rings. The van der Waals surface area contributed by atoms with E-state index in [2.05, 4.69) is 5.32 Å². The first-order valence-corrected chi connectivity index (χ1v) is 17.0. The second kappa shape index (κ2) is 14.2. The summed E-state index contributed by atoms with van der Waals surface area (Å²) >= 11 is 0. The number of fused-ring (bicyclic) bond motifs is 1. The van der Waals surface area contributed by atoms with E-state index in [0.29, 0.717) is 30.0 Å². The average Bonchev–Trinajstić information content (AvgIpc) is 3.45. The minimum atomic E-state index is -1.39. The van der Waals surface area contributed by atoms with Gasteiger partial charge in [0.2, 0.25) is 0 Å². The lowest BCUT2D eigenvalue weighted by Crippen LogP contribution is -2.36. The zero-order chi connectivity index (χ0) is 33.8. The van der Waals surface area contributed by atoms with Crippen LogP contribution in [0.3, 0.4) is 0 Å². The zero-order valence-corrected chi connectivity index (χ0v) is 28.0. The molecule has 0 aliphatic carbocycles. The molecule has 5 aromatic rings. The van der Waals surface area contributed by atoms with Crippen LogP contribution in [-0.4, -0.2) is 35.9 Å². The Morgan fingerprint density at radius 2 is 1.58 bits per heavy atom. The smallest absolute Gasteiger partial charge is 0.270 e. The molecule has 1 amide bonds. The van der Waals surface area contributed by atoms with E-state index in [1.807, 2.05) is 110 Å². The van der Waals surface area contributed by atoms with Crippen LogP contribution >= 0.6 is 0 Å². The van der Waals surface area contributed by atoms with Crippen LogP contribution < -0.4 is 10.1 Å². The lowest BCUT2D eigenvalue weighted by molar-refractivity contribution is 0.0946. The first kappa shape index (κ1) is 33.2. The molecule has 9 heteroatoms. The van der Waals surface area contributed by atoms with Crippen molar-refractivity contribution in [1.29, 1.82) is 0 Å². The molecule has 1 aromatic heterocycles. The zero-order valence-electron chi connectivity index (χ0n) is 27.2. The summed E-state index contributed by atoms with van der Waals surface area (Å²) in [5.74, 6) is 0.747. The molecule has 6 rings (SSSR count). The maximum Gasteiger partial charge on any atom is 0.270 e. The molecule has 0 bridgehead atoms. The predicted molar refractivity (Wildman–Crippen MR) is 187 cm³/mol. The third-order valence-electron chi connectivity index (χ3n) is 8.17. The SMILES string of the molecule is CC(C)(C)[S@@](=O)N1Cc2cc(C(=O)NCc3ccc(Oc4ccccc4)cc3)nc(-c3cccc(-c4cccc(F)c4)c3)c2[C@H]1CCO. The largest absolute Gasteiger partial charge is 0.457 e. The fourth-order valence-electron chi connectivity index (χ4n) is 5.89. The number of rotatable bonds is 10. The van der Waals surface area contributed by atoms with E-state index in [0.717, 1.165) is 33.6 Å². The third kappa shape index (κ3) is 7.39. The first-order chi connectivity index (χ1) is 23.1. The Balaban J connectivity index is 1.33. The second-order valence-corrected chi connectivity index (χ2v) is 14.9. The first-order valence-electron chi connectivity index (χ1n) is 15.9. The number of pyridine rings is 1. The van der Waals surface area contributed by atoms with E-state index >= 15 is 0 Å². The summed E-state index contributed by atoms with van der Waals surface area (Å²) in [4.78, 5) is 18.6. The van der Waals surface area contributed by atoms with E-state index in [-0.39, 0.29) is 36.6 Å². The van der Waals surface area contributed by atoms with Crippen LogP contribution in [0.25, 0.3) is 22.4 Å². The van der Waals surface area contributed by atoms with E-state index in [1.54, 1.807) is 12.1 Å². The highest BCUT2D eigenvalue weighted by atomic mass is 32.2. The number of halogens is 1. The maximum atomic E-state index is 14.1. The van der Waals surface area contributed by atoms with Gasteiger partial charge < -0.3 is 15.2 Å². The lowest BCUT2D eigenvalue weighted by atomic mass is 9.94. The highest BCUT2D eigenvalue weighted by Gasteiger charge is 2.40. The third-order valence-corrected chi connectivity index (χ3v) is 10.0. The monoisotopic (exact) mass is 663 g/mol. The summed E-state index contributed by atoms with van der Waals surface area (Å²) in [7, 11) is -1.39. The van der Waals surface area contributed by atoms with Gasteiger partial charge in [-0.2, -0.15) is 0 Å². The number of benzene rings is 4. The average molecular weight is 664 g/mol. The Morgan fingerprint density at radius 3 is 2.27 bits per heavy atom. The molecule has 0 saturated heterocycles. The van der Waals surface area contributed by atoms with Crippen LogP contribution in [0.2, 0.25) is 0 Å². The van der Waals surface area contributed by atoms with Gasteiger partial charge >= 0.3 is 0 Å². The maximum absolute atomic E-state index is 14.1. The van der Waals surface area contributed by atoms with Gasteiger partial charge in [-0.3, -0.25) is 4.79 Å². The fraction of sp³-hybridized carbons (Fsp3) is 0.231. The molecule has 0 spiro atoms. The van der Waals surface area contributed by atoms with Gasteiger partial charge in [0.05, 0.1) is 16.5 Å². The number of aliphatic hydroxyl groups is 1. The number of aromatic nitrogens is 1. The Kier molecular flexibility index (Phi) is 9.82. The molecule has 0 saturated carbocycles. The van der Waals surface area contributed by atoms with Crippen molar-refractivity contribution in [2.75, 3.05) is 6.61 Å². The molecule has 0 fully saturated rings. The van der Waals surface area contributed by atoms with Crippen molar-refractivity contribution in [3.8, 4) is 33.9 Å². The number of carbonyl (C=O) groups is 1. The Hall–Kier alpha value is -4.70. The molecule has 4 aromatic carbocycles. The van der Waals surface area contributed by atoms with Crippen LogP contribution in [0.15, 0.2) is 109 Å². The summed E-state index contributed by atoms with van der Waals surface area (Å²) in [5.41, 5.74) is 5.61. The number of ether oxygens (including phenoxy) is 1. The molecule has 246 valence electrons. The molecule has 1 aliphatic heterocycles. The molecule has 48 heavy (non-hydrogen) atoms. The minimum absolute atomic E-state index is 0.109. The molecule has 0 unspecified atom stereocenters. The quantitative estimate of drug-likeness (QED) is 0.158. The highest BCUT2D eigenvalue weighted by molar-refractivity contribution is 7.84. The number of para-hydroxylation sites is 1. The van der Waals surface area contributed by atoms with E-state index in [1.165, 1.54) is 12.1 Å². The van der Waals surface area contributed by atoms with Gasteiger partial charge in [-0.05, 0) is 98.0 Å². The minimum Gasteiger partial charge on any atom is -0.457 e. The molecule has 7 nitrogen and oxygen atoms in total. The van der Waals surface area contributed by atoms with Gasteiger partial charge in [-0.1, -0.05) is 60.7 Å². The van der Waals surface area contributed by atoms with Crippen LogP contribution in [0.4, 0.5) is 4.39 Å². The van der Waals surface area contributed by atoms with Crippen molar-refractivity contribution in [2.24, 2.45) is 0 Å². The molecular formula is C39H38FN3O4S. The van der Waals surface area contributed by atoms with Crippen LogP contribution in [0.5, 0.6) is 11.5 Å². The van der Waals surface area contributed by atoms with E-state index < -0.39 is 15.7 Å². The predicted octanol–water partition coefficient (Wildman–Crippen LogP) is 7.98. The van der Waals surface area contributed by atoms with Crippen LogP contribution in [0.1, 0.15) is 60.4 Å². The van der Waals surface area contributed by atoms with Crippen LogP contribution in [0, 0.1) is 5.82 Å². The number of hydrogen-bond donors (Lipinski definition) is 2. The summed E-state index contributed by atoms with van der Waals surface area (Å²) in [6.45, 7) is 6.27. The number of nitrogens with one attached hydrogen (secondary N) is 1. The normalized spacial score (nSPS) is 15.1. The van der Waals surface area contributed by atoms with Gasteiger partial charge in [0.1, 0.15) is 34.0 Å². The molecule has 2 N–H and O–H groups in total. The number of carbonyl (C=O) groups excluding carboxylic acids is 1. The molecule has 2 heterocycles. The Labute approximate surface area is 283 Å². The summed E-state index contributed by atoms with van der Waals surface area (Å²) in [6, 6.07) is 32.4. The Bertz CT molecular complexity index is 1940. The second-order valence-electron chi connectivity index (χ2n) is 12.7. The number of nitrogens with zero attached hydrogens (tertiary/aromatic N) is 2. The summed E-state index contributed by atoms with van der Waals surface area (Å²) in [6.07, 6.45) is 0.350. The van der Waals surface area contributed by atoms with Gasteiger partial charge in [-0.25, -0.2) is 17.9 Å². The Morgan fingerprint density at radius 1 is 0.917 bits per heavy atom. The topological polar surface area (TPSA) is 91.8 Å². The number of amides is 1. The van der Waals surface area contributed by atoms with Crippen molar-refractivity contribution in [1.82, 2.24) is 14.6 Å². The van der Waals surface area contributed by atoms with Gasteiger partial charge in [0.25, 0.3) is 5.91 Å².